The molecule has 0 amide bonds. The molecule has 0 N–H and O–H groups in total. The third kappa shape index (κ3) is 4.11. The lowest BCUT2D eigenvalue weighted by Gasteiger charge is -2.27. The molecule has 0 saturated heterocycles. The Hall–Kier alpha value is -3.60. The van der Waals surface area contributed by atoms with Crippen molar-refractivity contribution in [1.82, 2.24) is 4.90 Å². The van der Waals surface area contributed by atoms with E-state index in [0.717, 1.165) is 16.8 Å². The Labute approximate surface area is 188 Å². The third-order valence-electron chi connectivity index (χ3n) is 6.08. The zero-order valence-electron chi connectivity index (χ0n) is 18.5. The van der Waals surface area contributed by atoms with Gasteiger partial charge in [0.2, 0.25) is 0 Å². The fraction of sp³-hybridized carbons (Fsp3) is 0.259. The Morgan fingerprint density at radius 2 is 1.59 bits per heavy atom. The molecule has 5 heteroatoms. The smallest absolute Gasteiger partial charge is 0.336 e. The Morgan fingerprint density at radius 1 is 1.00 bits per heavy atom. The maximum Gasteiger partial charge on any atom is 0.336 e. The summed E-state index contributed by atoms with van der Waals surface area (Å²) in [7, 11) is 1.95. The van der Waals surface area contributed by atoms with Crippen LogP contribution in [0.15, 0.2) is 95.9 Å². The first-order chi connectivity index (χ1) is 15.5. The van der Waals surface area contributed by atoms with Gasteiger partial charge in [0, 0.05) is 18.7 Å². The van der Waals surface area contributed by atoms with Crippen molar-refractivity contribution in [3.63, 3.8) is 0 Å². The lowest BCUT2D eigenvalue weighted by atomic mass is 9.89. The van der Waals surface area contributed by atoms with E-state index in [1.165, 1.54) is 0 Å². The monoisotopic (exact) mass is 429 g/mol. The molecule has 1 aliphatic heterocycles. The second-order valence-electron chi connectivity index (χ2n) is 7.95. The van der Waals surface area contributed by atoms with E-state index in [9.17, 15) is 9.59 Å². The van der Waals surface area contributed by atoms with Gasteiger partial charge in [-0.15, -0.1) is 0 Å². The molecule has 0 saturated carbocycles. The molecule has 164 valence electrons. The van der Waals surface area contributed by atoms with E-state index in [2.05, 4.69) is 4.90 Å². The lowest BCUT2D eigenvalue weighted by molar-refractivity contribution is -0.140. The third-order valence-corrected chi connectivity index (χ3v) is 6.08. The topological polar surface area (TPSA) is 55.8 Å². The number of fused-ring (bicyclic) bond motifs is 1. The van der Waals surface area contributed by atoms with E-state index in [-0.39, 0.29) is 23.9 Å². The van der Waals surface area contributed by atoms with E-state index in [1.54, 1.807) is 6.92 Å². The molecule has 2 aromatic rings. The first-order valence-electron chi connectivity index (χ1n) is 10.8. The molecule has 1 aliphatic carbocycles. The summed E-state index contributed by atoms with van der Waals surface area (Å²) in [5.74, 6) is -1.01. The number of esters is 2. The molecule has 0 fully saturated rings. The summed E-state index contributed by atoms with van der Waals surface area (Å²) in [6.07, 6.45) is 5.64. The fourth-order valence-electron chi connectivity index (χ4n) is 4.41. The Kier molecular flexibility index (Phi) is 6.26. The highest BCUT2D eigenvalue weighted by molar-refractivity contribution is 5.91. The van der Waals surface area contributed by atoms with Crippen molar-refractivity contribution in [2.45, 2.75) is 25.8 Å². The summed E-state index contributed by atoms with van der Waals surface area (Å²) in [6, 6.07) is 19.2. The number of likely N-dealkylation sites (N-methyl/N-ethyl adjacent to an activating group) is 1. The van der Waals surface area contributed by atoms with Crippen LogP contribution < -0.4 is 0 Å². The van der Waals surface area contributed by atoms with Crippen LogP contribution in [0.2, 0.25) is 0 Å². The minimum Gasteiger partial charge on any atom is -0.463 e. The summed E-state index contributed by atoms with van der Waals surface area (Å²) >= 11 is 0. The fourth-order valence-corrected chi connectivity index (χ4v) is 4.41. The molecule has 2 aliphatic rings. The predicted molar refractivity (Wildman–Crippen MR) is 122 cm³/mol. The van der Waals surface area contributed by atoms with Gasteiger partial charge in [0.05, 0.1) is 18.2 Å². The second kappa shape index (κ2) is 9.27. The van der Waals surface area contributed by atoms with Gasteiger partial charge >= 0.3 is 11.9 Å². The number of nitrogens with zero attached hydrogens (tertiary/aromatic N) is 1. The van der Waals surface area contributed by atoms with Gasteiger partial charge in [-0.2, -0.15) is 0 Å². The molecule has 2 atom stereocenters. The van der Waals surface area contributed by atoms with Crippen LogP contribution in [0.1, 0.15) is 30.9 Å². The first-order valence-corrected chi connectivity index (χ1v) is 10.8. The number of carbonyl (C=O) groups is 2. The number of hydrogen-bond donors (Lipinski definition) is 0. The van der Waals surface area contributed by atoms with Crippen LogP contribution in [0.25, 0.3) is 0 Å². The lowest BCUT2D eigenvalue weighted by Crippen LogP contribution is -2.30. The zero-order valence-corrected chi connectivity index (χ0v) is 18.5. The summed E-state index contributed by atoms with van der Waals surface area (Å²) in [5, 5.41) is 0. The molecule has 5 nitrogen and oxygen atoms in total. The Balaban J connectivity index is 1.62. The van der Waals surface area contributed by atoms with E-state index in [0.29, 0.717) is 17.9 Å². The highest BCUT2D eigenvalue weighted by Crippen LogP contribution is 2.39. The maximum absolute atomic E-state index is 13.3. The van der Waals surface area contributed by atoms with Crippen molar-refractivity contribution in [2.75, 3.05) is 13.7 Å². The highest BCUT2D eigenvalue weighted by Gasteiger charge is 2.40. The van der Waals surface area contributed by atoms with E-state index < -0.39 is 5.92 Å². The minimum absolute atomic E-state index is 0.00379. The SMILES string of the molecule is CCOC(=O)C1=C(C)N(C)[C@@H]2C=CC(OC(=O)C(c3ccccc3)c3ccccc3)=C[C@H]12. The quantitative estimate of drug-likeness (QED) is 0.629. The van der Waals surface area contributed by atoms with Crippen molar-refractivity contribution >= 4 is 11.9 Å². The van der Waals surface area contributed by atoms with Crippen LogP contribution in [0.5, 0.6) is 0 Å². The number of ether oxygens (including phenoxy) is 2. The van der Waals surface area contributed by atoms with Gasteiger partial charge in [0.1, 0.15) is 11.7 Å². The molecule has 0 radical (unpaired) electrons. The number of hydrogen-bond acceptors (Lipinski definition) is 5. The largest absolute Gasteiger partial charge is 0.463 e. The summed E-state index contributed by atoms with van der Waals surface area (Å²) < 4.78 is 11.2. The number of allylic oxidation sites excluding steroid dienone is 2. The van der Waals surface area contributed by atoms with Crippen molar-refractivity contribution < 1.29 is 19.1 Å². The molecule has 0 bridgehead atoms. The molecule has 0 aromatic heterocycles. The minimum atomic E-state index is -0.544. The van der Waals surface area contributed by atoms with Crippen LogP contribution in [0.3, 0.4) is 0 Å². The maximum atomic E-state index is 13.3. The molecule has 0 spiro atoms. The van der Waals surface area contributed by atoms with Crippen LogP contribution in [0, 0.1) is 5.92 Å². The van der Waals surface area contributed by atoms with Crippen LogP contribution in [-0.4, -0.2) is 36.5 Å². The predicted octanol–water partition coefficient (Wildman–Crippen LogP) is 4.58. The average molecular weight is 430 g/mol. The van der Waals surface area contributed by atoms with Crippen molar-refractivity contribution in [1.29, 1.82) is 0 Å². The molecule has 0 unspecified atom stereocenters. The van der Waals surface area contributed by atoms with E-state index >= 15 is 0 Å². The summed E-state index contributed by atoms with van der Waals surface area (Å²) in [6.45, 7) is 4.02. The van der Waals surface area contributed by atoms with Crippen molar-refractivity contribution in [3.05, 3.63) is 107 Å². The van der Waals surface area contributed by atoms with Crippen molar-refractivity contribution in [2.24, 2.45) is 5.92 Å². The molecular formula is C27H27NO4. The average Bonchev–Trinajstić information content (AvgIpc) is 3.05. The Morgan fingerprint density at radius 3 is 2.16 bits per heavy atom. The number of rotatable bonds is 6. The van der Waals surface area contributed by atoms with E-state index in [1.807, 2.05) is 92.9 Å². The van der Waals surface area contributed by atoms with Gasteiger partial charge < -0.3 is 14.4 Å². The molecule has 2 aromatic carbocycles. The first kappa shape index (κ1) is 21.6. The molecular weight excluding hydrogens is 402 g/mol. The standard InChI is InChI=1S/C27H27NO4/c1-4-31-26(29)24-18(2)28(3)23-16-15-21(17-22(23)24)32-27(30)25(19-11-7-5-8-12-19)20-13-9-6-10-14-20/h5-17,22-23,25H,4H2,1-3H3/t22-,23+/m0/s1. The van der Waals surface area contributed by atoms with Crippen LogP contribution >= 0.6 is 0 Å². The van der Waals surface area contributed by atoms with Gasteiger partial charge in [-0.05, 0) is 37.1 Å². The normalized spacial score (nSPS) is 19.6. The van der Waals surface area contributed by atoms with E-state index in [4.69, 9.17) is 9.47 Å². The van der Waals surface area contributed by atoms with Crippen molar-refractivity contribution in [3.8, 4) is 0 Å². The second-order valence-corrected chi connectivity index (χ2v) is 7.95. The van der Waals surface area contributed by atoms with Gasteiger partial charge in [0.15, 0.2) is 0 Å². The van der Waals surface area contributed by atoms with Gasteiger partial charge in [-0.1, -0.05) is 66.7 Å². The molecule has 32 heavy (non-hydrogen) atoms. The van der Waals surface area contributed by atoms with Crippen LogP contribution in [0.4, 0.5) is 0 Å². The summed E-state index contributed by atoms with van der Waals surface area (Å²) in [5.41, 5.74) is 3.22. The number of carbonyl (C=O) groups excluding carboxylic acids is 2. The zero-order chi connectivity index (χ0) is 22.7. The molecule has 4 rings (SSSR count). The highest BCUT2D eigenvalue weighted by atomic mass is 16.5. The van der Waals surface area contributed by atoms with Gasteiger partial charge in [-0.25, -0.2) is 4.79 Å². The molecule has 1 heterocycles. The summed E-state index contributed by atoms with van der Waals surface area (Å²) in [4.78, 5) is 28.0. The van der Waals surface area contributed by atoms with Crippen LogP contribution in [-0.2, 0) is 19.1 Å². The van der Waals surface area contributed by atoms with Gasteiger partial charge in [0.25, 0.3) is 0 Å². The van der Waals surface area contributed by atoms with Gasteiger partial charge in [-0.3, -0.25) is 4.79 Å². The number of benzene rings is 2. The Bertz CT molecular complexity index is 1050.